The zero-order chi connectivity index (χ0) is 8.59. The zero-order valence-electron chi connectivity index (χ0n) is 6.14. The Hall–Kier alpha value is -0.770. The van der Waals surface area contributed by atoms with Crippen LogP contribution in [-0.2, 0) is 0 Å². The van der Waals surface area contributed by atoms with Gasteiger partial charge in [-0.05, 0) is 29.8 Å². The average Bonchev–Trinajstić information content (AvgIpc) is 1.97. The second-order valence-electron chi connectivity index (χ2n) is 2.21. The van der Waals surface area contributed by atoms with Gasteiger partial charge in [0.05, 0.1) is 0 Å². The summed E-state index contributed by atoms with van der Waals surface area (Å²) in [5.74, 6) is 0.392. The predicted octanol–water partition coefficient (Wildman–Crippen LogP) is 1.72. The molecule has 0 fully saturated rings. The summed E-state index contributed by atoms with van der Waals surface area (Å²) in [6.07, 6.45) is 0. The van der Waals surface area contributed by atoms with Crippen LogP contribution in [-0.4, -0.2) is 5.11 Å². The minimum Gasteiger partial charge on any atom is -0.502 e. The third kappa shape index (κ3) is 1.30. The number of aromatic hydroxyl groups is 1. The molecule has 0 aliphatic rings. The maximum atomic E-state index is 11.1. The second-order valence-corrected chi connectivity index (χ2v) is 3.00. The van der Waals surface area contributed by atoms with E-state index in [1.807, 2.05) is 0 Å². The third-order valence-corrected chi connectivity index (χ3v) is 2.28. The lowest BCUT2D eigenvalue weighted by atomic mass is 10.3. The van der Waals surface area contributed by atoms with E-state index in [1.54, 1.807) is 6.92 Å². The summed E-state index contributed by atoms with van der Waals surface area (Å²) in [5, 5.41) is 9.08. The molecule has 0 bridgehead atoms. The highest BCUT2D eigenvalue weighted by Gasteiger charge is 2.10. The molecule has 0 saturated heterocycles. The molecule has 0 unspecified atom stereocenters. The normalized spacial score (nSPS) is 10.1. The van der Waals surface area contributed by atoms with Crippen molar-refractivity contribution in [1.82, 2.24) is 0 Å². The summed E-state index contributed by atoms with van der Waals surface area (Å²) in [4.78, 5) is 11.1. The van der Waals surface area contributed by atoms with E-state index in [0.29, 0.717) is 5.76 Å². The molecule has 3 nitrogen and oxygen atoms in total. The van der Waals surface area contributed by atoms with Gasteiger partial charge in [-0.3, -0.25) is 4.79 Å². The molecule has 1 aromatic rings. The molecule has 0 spiro atoms. The number of hydrogen-bond acceptors (Lipinski definition) is 3. The van der Waals surface area contributed by atoms with E-state index in [0.717, 1.165) is 0 Å². The predicted molar refractivity (Wildman–Crippen MR) is 43.8 cm³/mol. The lowest BCUT2D eigenvalue weighted by molar-refractivity contribution is 0.398. The third-order valence-electron chi connectivity index (χ3n) is 1.36. The van der Waals surface area contributed by atoms with Crippen molar-refractivity contribution in [2.75, 3.05) is 0 Å². The van der Waals surface area contributed by atoms with Gasteiger partial charge >= 0.3 is 0 Å². The maximum absolute atomic E-state index is 11.1. The highest BCUT2D eigenvalue weighted by atomic mass is 79.9. The zero-order valence-corrected chi connectivity index (χ0v) is 7.73. The minimum absolute atomic E-state index is 0.246. The first kappa shape index (κ1) is 8.33. The standard InChI is InChI=1S/C7H7BrO3/c1-3-5(8)7(10)6(9)4(2)11-3/h9H,1-2H3. The number of hydrogen-bond donors (Lipinski definition) is 1. The first-order chi connectivity index (χ1) is 5.04. The van der Waals surface area contributed by atoms with Crippen molar-refractivity contribution < 1.29 is 9.52 Å². The van der Waals surface area contributed by atoms with Crippen molar-refractivity contribution >= 4 is 15.9 Å². The van der Waals surface area contributed by atoms with Gasteiger partial charge in [0.25, 0.3) is 0 Å². The maximum Gasteiger partial charge on any atom is 0.241 e. The summed E-state index contributed by atoms with van der Waals surface area (Å²) in [6, 6.07) is 0. The van der Waals surface area contributed by atoms with Gasteiger partial charge in [-0.15, -0.1) is 0 Å². The van der Waals surface area contributed by atoms with Crippen molar-refractivity contribution in [2.45, 2.75) is 13.8 Å². The average molecular weight is 219 g/mol. The summed E-state index contributed by atoms with van der Waals surface area (Å²) >= 11 is 3.00. The highest BCUT2D eigenvalue weighted by Crippen LogP contribution is 2.18. The molecule has 0 atom stereocenters. The van der Waals surface area contributed by atoms with Crippen molar-refractivity contribution in [3.05, 3.63) is 26.2 Å². The smallest absolute Gasteiger partial charge is 0.241 e. The van der Waals surface area contributed by atoms with Gasteiger partial charge in [0.2, 0.25) is 11.2 Å². The molecule has 1 aromatic heterocycles. The van der Waals surface area contributed by atoms with Crippen LogP contribution in [0.4, 0.5) is 0 Å². The fourth-order valence-electron chi connectivity index (χ4n) is 0.746. The first-order valence-electron chi connectivity index (χ1n) is 3.02. The monoisotopic (exact) mass is 218 g/mol. The van der Waals surface area contributed by atoms with E-state index >= 15 is 0 Å². The van der Waals surface area contributed by atoms with Crippen LogP contribution in [0.1, 0.15) is 11.5 Å². The van der Waals surface area contributed by atoms with E-state index in [-0.39, 0.29) is 16.0 Å². The Morgan fingerprint density at radius 1 is 1.36 bits per heavy atom. The summed E-state index contributed by atoms with van der Waals surface area (Å²) in [6.45, 7) is 3.19. The van der Waals surface area contributed by atoms with Gasteiger partial charge in [0, 0.05) is 0 Å². The van der Waals surface area contributed by atoms with Crippen molar-refractivity contribution in [3.8, 4) is 5.75 Å². The lowest BCUT2D eigenvalue weighted by Crippen LogP contribution is -2.04. The Kier molecular flexibility index (Phi) is 2.04. The van der Waals surface area contributed by atoms with Crippen LogP contribution in [0, 0.1) is 13.8 Å². The van der Waals surface area contributed by atoms with E-state index in [9.17, 15) is 4.79 Å². The molecule has 60 valence electrons. The van der Waals surface area contributed by atoms with E-state index in [4.69, 9.17) is 9.52 Å². The lowest BCUT2D eigenvalue weighted by Gasteiger charge is -2.00. The molecule has 1 rings (SSSR count). The summed E-state index contributed by atoms with van der Waals surface area (Å²) in [7, 11) is 0. The Morgan fingerprint density at radius 3 is 2.45 bits per heavy atom. The molecule has 4 heteroatoms. The molecule has 0 saturated carbocycles. The molecule has 1 heterocycles. The van der Waals surface area contributed by atoms with Gasteiger partial charge in [-0.25, -0.2) is 0 Å². The van der Waals surface area contributed by atoms with Crippen LogP contribution in [0.15, 0.2) is 13.7 Å². The number of aryl methyl sites for hydroxylation is 2. The van der Waals surface area contributed by atoms with Crippen LogP contribution >= 0.6 is 15.9 Å². The topological polar surface area (TPSA) is 50.4 Å². The summed E-state index contributed by atoms with van der Waals surface area (Å²) in [5.41, 5.74) is -0.425. The van der Waals surface area contributed by atoms with Crippen molar-refractivity contribution in [2.24, 2.45) is 0 Å². The molecule has 0 radical (unpaired) electrons. The van der Waals surface area contributed by atoms with E-state index < -0.39 is 5.43 Å². The van der Waals surface area contributed by atoms with E-state index in [1.165, 1.54) is 6.92 Å². The van der Waals surface area contributed by atoms with Gasteiger partial charge < -0.3 is 9.52 Å². The number of rotatable bonds is 0. The SMILES string of the molecule is Cc1oc(C)c(Br)c(=O)c1O. The molecule has 11 heavy (non-hydrogen) atoms. The molecule has 0 aliphatic carbocycles. The van der Waals surface area contributed by atoms with Crippen LogP contribution in [0.25, 0.3) is 0 Å². The van der Waals surface area contributed by atoms with Crippen LogP contribution in [0.3, 0.4) is 0 Å². The Balaban J connectivity index is 3.59. The largest absolute Gasteiger partial charge is 0.502 e. The van der Waals surface area contributed by atoms with Gasteiger partial charge in [-0.2, -0.15) is 0 Å². The molecular formula is C7H7BrO3. The molecule has 0 aromatic carbocycles. The van der Waals surface area contributed by atoms with Gasteiger partial charge in [-0.1, -0.05) is 0 Å². The first-order valence-corrected chi connectivity index (χ1v) is 3.82. The second kappa shape index (κ2) is 2.70. The Morgan fingerprint density at radius 2 is 1.91 bits per heavy atom. The molecule has 0 amide bonds. The van der Waals surface area contributed by atoms with Crippen LogP contribution in [0.5, 0.6) is 5.75 Å². The van der Waals surface area contributed by atoms with Crippen LogP contribution in [0.2, 0.25) is 0 Å². The fraction of sp³-hybridized carbons (Fsp3) is 0.286. The van der Waals surface area contributed by atoms with E-state index in [2.05, 4.69) is 15.9 Å². The fourth-order valence-corrected chi connectivity index (χ4v) is 1.02. The Bertz CT molecular complexity index is 311. The Labute approximate surface area is 71.8 Å². The van der Waals surface area contributed by atoms with Crippen LogP contribution < -0.4 is 5.43 Å². The number of halogens is 1. The van der Waals surface area contributed by atoms with Gasteiger partial charge in [0.1, 0.15) is 16.0 Å². The van der Waals surface area contributed by atoms with Gasteiger partial charge in [0.15, 0.2) is 0 Å². The quantitative estimate of drug-likeness (QED) is 0.722. The minimum atomic E-state index is -0.425. The molecular weight excluding hydrogens is 212 g/mol. The molecule has 0 aliphatic heterocycles. The highest BCUT2D eigenvalue weighted by molar-refractivity contribution is 9.10. The molecule has 1 N–H and O–H groups in total. The van der Waals surface area contributed by atoms with Crippen molar-refractivity contribution in [3.63, 3.8) is 0 Å². The summed E-state index contributed by atoms with van der Waals surface area (Å²) < 4.78 is 5.30. The van der Waals surface area contributed by atoms with Crippen molar-refractivity contribution in [1.29, 1.82) is 0 Å².